The third kappa shape index (κ3) is 13.8. The van der Waals surface area contributed by atoms with E-state index in [0.717, 1.165) is 0 Å². The van der Waals surface area contributed by atoms with Crippen molar-refractivity contribution in [3.05, 3.63) is 71.8 Å². The Labute approximate surface area is 281 Å². The van der Waals surface area contributed by atoms with Gasteiger partial charge in [-0.05, 0) is 25.0 Å². The Morgan fingerprint density at radius 2 is 0.918 bits per heavy atom. The van der Waals surface area contributed by atoms with Crippen molar-refractivity contribution in [3.63, 3.8) is 0 Å². The van der Waals surface area contributed by atoms with Crippen LogP contribution < -0.4 is 32.3 Å². The maximum Gasteiger partial charge on any atom is 0.326 e. The summed E-state index contributed by atoms with van der Waals surface area (Å²) >= 11 is 0. The summed E-state index contributed by atoms with van der Waals surface area (Å²) in [7, 11) is 0. The van der Waals surface area contributed by atoms with Crippen LogP contribution in [0.3, 0.4) is 0 Å². The second kappa shape index (κ2) is 19.1. The molecule has 17 heteroatoms. The van der Waals surface area contributed by atoms with Gasteiger partial charge in [-0.15, -0.1) is 0 Å². The van der Waals surface area contributed by atoms with Gasteiger partial charge in [0.1, 0.15) is 30.2 Å². The molecule has 0 radical (unpaired) electrons. The lowest BCUT2D eigenvalue weighted by Crippen LogP contribution is -2.58. The van der Waals surface area contributed by atoms with Gasteiger partial charge in [0.05, 0.1) is 18.9 Å². The Morgan fingerprint density at radius 3 is 1.39 bits per heavy atom. The molecule has 0 aromatic heterocycles. The Balaban J connectivity index is 2.09. The van der Waals surface area contributed by atoms with Crippen molar-refractivity contribution in [2.24, 2.45) is 5.73 Å². The molecule has 0 bridgehead atoms. The molecule has 0 aliphatic rings. The molecule has 0 aliphatic carbocycles. The van der Waals surface area contributed by atoms with Crippen molar-refractivity contribution < 1.29 is 53.7 Å². The van der Waals surface area contributed by atoms with Gasteiger partial charge in [0.2, 0.25) is 29.5 Å². The van der Waals surface area contributed by atoms with Crippen molar-refractivity contribution in [1.29, 1.82) is 0 Å². The summed E-state index contributed by atoms with van der Waals surface area (Å²) in [5, 5.41) is 39.4. The first kappa shape index (κ1) is 39.3. The average Bonchev–Trinajstić information content (AvgIpc) is 3.03. The summed E-state index contributed by atoms with van der Waals surface area (Å²) < 4.78 is 0. The topological polar surface area (TPSA) is 283 Å². The Hall–Kier alpha value is -5.84. The monoisotopic (exact) mass is 684 g/mol. The zero-order valence-corrected chi connectivity index (χ0v) is 26.8. The van der Waals surface area contributed by atoms with E-state index >= 15 is 0 Å². The van der Waals surface area contributed by atoms with Crippen LogP contribution in [0.2, 0.25) is 0 Å². The molecular weight excluding hydrogens is 644 g/mol. The van der Waals surface area contributed by atoms with Crippen LogP contribution in [0.1, 0.15) is 37.8 Å². The van der Waals surface area contributed by atoms with Crippen LogP contribution in [0.25, 0.3) is 0 Å². The van der Waals surface area contributed by atoms with E-state index in [9.17, 15) is 43.5 Å². The minimum Gasteiger partial charge on any atom is -0.481 e. The second-order valence-electron chi connectivity index (χ2n) is 11.2. The first-order chi connectivity index (χ1) is 23.1. The highest BCUT2D eigenvalue weighted by Gasteiger charge is 2.31. The quantitative estimate of drug-likeness (QED) is 0.0800. The molecule has 2 rings (SSSR count). The number of amides is 5. The fraction of sp³-hybridized carbons (Fsp3) is 0.375. The first-order valence-corrected chi connectivity index (χ1v) is 15.1. The molecule has 6 atom stereocenters. The SMILES string of the molecule is C[C@H](NC(=O)[C@H](C)NC(=O)[C@H](CC(=O)O)NC(=O)[C@@H](N)CC(=O)O)C(=O)N[C@@H](Cc1ccccc1)C(=O)N[C@@H](Cc1ccccc1)C(=O)O. The third-order valence-corrected chi connectivity index (χ3v) is 7.06. The summed E-state index contributed by atoms with van der Waals surface area (Å²) in [5.41, 5.74) is 6.78. The molecule has 0 saturated heterocycles. The zero-order chi connectivity index (χ0) is 36.7. The van der Waals surface area contributed by atoms with Crippen LogP contribution >= 0.6 is 0 Å². The van der Waals surface area contributed by atoms with Crippen molar-refractivity contribution in [2.75, 3.05) is 0 Å². The normalized spacial score (nSPS) is 14.3. The van der Waals surface area contributed by atoms with Gasteiger partial charge in [-0.3, -0.25) is 33.6 Å². The van der Waals surface area contributed by atoms with E-state index in [4.69, 9.17) is 15.9 Å². The van der Waals surface area contributed by atoms with Crippen molar-refractivity contribution >= 4 is 47.4 Å². The molecule has 2 aromatic rings. The lowest BCUT2D eigenvalue weighted by molar-refractivity contribution is -0.142. The van der Waals surface area contributed by atoms with Crippen LogP contribution in [-0.4, -0.2) is 99.0 Å². The van der Waals surface area contributed by atoms with Gasteiger partial charge < -0.3 is 47.6 Å². The Morgan fingerprint density at radius 1 is 0.531 bits per heavy atom. The van der Waals surface area contributed by atoms with Crippen molar-refractivity contribution in [1.82, 2.24) is 26.6 Å². The van der Waals surface area contributed by atoms with Crippen molar-refractivity contribution in [2.45, 2.75) is 75.8 Å². The number of benzene rings is 2. The van der Waals surface area contributed by atoms with E-state index in [1.165, 1.54) is 13.8 Å². The van der Waals surface area contributed by atoms with Crippen LogP contribution in [0.5, 0.6) is 0 Å². The molecule has 17 nitrogen and oxygen atoms in total. The minimum atomic E-state index is -1.71. The van der Waals surface area contributed by atoms with Gasteiger partial charge in [0, 0.05) is 12.8 Å². The fourth-order valence-corrected chi connectivity index (χ4v) is 4.40. The number of carboxylic acid groups (broad SMARTS) is 3. The molecule has 0 unspecified atom stereocenters. The van der Waals surface area contributed by atoms with E-state index in [0.29, 0.717) is 11.1 Å². The van der Waals surface area contributed by atoms with E-state index < -0.39 is 96.5 Å². The molecule has 2 aromatic carbocycles. The van der Waals surface area contributed by atoms with Gasteiger partial charge in [-0.1, -0.05) is 60.7 Å². The average molecular weight is 685 g/mol. The zero-order valence-electron chi connectivity index (χ0n) is 26.8. The van der Waals surface area contributed by atoms with E-state index in [1.54, 1.807) is 60.7 Å². The molecule has 49 heavy (non-hydrogen) atoms. The number of nitrogens with two attached hydrogens (primary N) is 1. The standard InChI is InChI=1S/C32H40N6O11/c1-17(35-30(46)23(16-26(41)42)37-29(45)21(33)15-25(39)40)27(43)34-18(2)28(44)36-22(13-19-9-5-3-6-10-19)31(47)38-24(32(48)49)14-20-11-7-4-8-12-20/h3-12,17-18,21-24H,13-16,33H2,1-2H3,(H,34,43)(H,35,46)(H,36,44)(H,37,45)(H,38,47)(H,39,40)(H,41,42)(H,48,49)/t17-,18-,21-,22-,23-,24-/m0/s1. The third-order valence-electron chi connectivity index (χ3n) is 7.06. The second-order valence-corrected chi connectivity index (χ2v) is 11.2. The predicted octanol–water partition coefficient (Wildman–Crippen LogP) is -1.70. The number of rotatable bonds is 19. The fourth-order valence-electron chi connectivity index (χ4n) is 4.40. The number of nitrogens with one attached hydrogen (secondary N) is 5. The maximum absolute atomic E-state index is 13.3. The van der Waals surface area contributed by atoms with Crippen molar-refractivity contribution in [3.8, 4) is 0 Å². The molecule has 0 aliphatic heterocycles. The van der Waals surface area contributed by atoms with Gasteiger partial charge in [0.25, 0.3) is 0 Å². The maximum atomic E-state index is 13.3. The number of carbonyl (C=O) groups is 8. The number of aliphatic carboxylic acids is 3. The van der Waals surface area contributed by atoms with Gasteiger partial charge >= 0.3 is 17.9 Å². The first-order valence-electron chi connectivity index (χ1n) is 15.1. The van der Waals surface area contributed by atoms with Crippen LogP contribution in [-0.2, 0) is 51.2 Å². The molecule has 0 spiro atoms. The lowest BCUT2D eigenvalue weighted by atomic mass is 10.0. The summed E-state index contributed by atoms with van der Waals surface area (Å²) in [4.78, 5) is 98.4. The van der Waals surface area contributed by atoms with Gasteiger partial charge in [0.15, 0.2) is 0 Å². The number of carbonyl (C=O) groups excluding carboxylic acids is 5. The van der Waals surface area contributed by atoms with E-state index in [2.05, 4.69) is 26.6 Å². The lowest BCUT2D eigenvalue weighted by Gasteiger charge is -2.25. The number of carboxylic acids is 3. The Kier molecular flexibility index (Phi) is 15.3. The molecule has 5 amide bonds. The molecular formula is C32H40N6O11. The summed E-state index contributed by atoms with van der Waals surface area (Å²) in [5.74, 6) is -8.86. The summed E-state index contributed by atoms with van der Waals surface area (Å²) in [6.07, 6.45) is -1.73. The predicted molar refractivity (Wildman–Crippen MR) is 171 cm³/mol. The smallest absolute Gasteiger partial charge is 0.326 e. The molecule has 0 fully saturated rings. The molecule has 0 heterocycles. The van der Waals surface area contributed by atoms with E-state index in [-0.39, 0.29) is 12.8 Å². The number of hydrogen-bond donors (Lipinski definition) is 9. The highest BCUT2D eigenvalue weighted by atomic mass is 16.4. The summed E-state index contributed by atoms with van der Waals surface area (Å²) in [6, 6.07) is 8.75. The van der Waals surface area contributed by atoms with Crippen LogP contribution in [0, 0.1) is 0 Å². The number of hydrogen-bond acceptors (Lipinski definition) is 9. The van der Waals surface area contributed by atoms with Gasteiger partial charge in [-0.2, -0.15) is 0 Å². The minimum absolute atomic E-state index is 0.0177. The largest absolute Gasteiger partial charge is 0.481 e. The molecule has 0 saturated carbocycles. The van der Waals surface area contributed by atoms with Crippen LogP contribution in [0.15, 0.2) is 60.7 Å². The van der Waals surface area contributed by atoms with Crippen LogP contribution in [0.4, 0.5) is 0 Å². The molecule has 264 valence electrons. The summed E-state index contributed by atoms with van der Waals surface area (Å²) in [6.45, 7) is 2.52. The van der Waals surface area contributed by atoms with Gasteiger partial charge in [-0.25, -0.2) is 4.79 Å². The molecule has 10 N–H and O–H groups in total. The van der Waals surface area contributed by atoms with E-state index in [1.807, 2.05) is 0 Å². The highest BCUT2D eigenvalue weighted by molar-refractivity contribution is 5.97. The Bertz CT molecular complexity index is 1510. The highest BCUT2D eigenvalue weighted by Crippen LogP contribution is 2.08.